The van der Waals surface area contributed by atoms with Crippen LogP contribution in [0.3, 0.4) is 0 Å². The van der Waals surface area contributed by atoms with E-state index in [0.717, 1.165) is 16.9 Å². The lowest BCUT2D eigenvalue weighted by molar-refractivity contribution is 0.0696. The van der Waals surface area contributed by atoms with Gasteiger partial charge in [0.2, 0.25) is 0 Å². The fourth-order valence-corrected chi connectivity index (χ4v) is 2.17. The van der Waals surface area contributed by atoms with Gasteiger partial charge >= 0.3 is 5.97 Å². The van der Waals surface area contributed by atoms with Crippen molar-refractivity contribution < 1.29 is 14.6 Å². The molecular weight excluding hydrogens is 278 g/mol. The number of para-hydroxylation sites is 1. The summed E-state index contributed by atoms with van der Waals surface area (Å²) in [5, 5.41) is 12.3. The van der Waals surface area contributed by atoms with Gasteiger partial charge in [-0.15, -0.1) is 0 Å². The SMILES string of the molecule is CC(C)Oc1ccccc1CNCc1cccc(C(=O)O)c1. The van der Waals surface area contributed by atoms with E-state index < -0.39 is 5.97 Å². The zero-order chi connectivity index (χ0) is 15.9. The van der Waals surface area contributed by atoms with Crippen LogP contribution in [0.5, 0.6) is 5.75 Å². The standard InChI is InChI=1S/C18H21NO3/c1-13(2)22-17-9-4-3-7-16(17)12-19-11-14-6-5-8-15(10-14)18(20)21/h3-10,13,19H,11-12H2,1-2H3,(H,20,21). The number of benzene rings is 2. The van der Waals surface area contributed by atoms with Crippen LogP contribution in [-0.2, 0) is 13.1 Å². The van der Waals surface area contributed by atoms with Crippen LogP contribution in [0.25, 0.3) is 0 Å². The molecular formula is C18H21NO3. The van der Waals surface area contributed by atoms with Gasteiger partial charge in [-0.2, -0.15) is 0 Å². The summed E-state index contributed by atoms with van der Waals surface area (Å²) in [6, 6.07) is 14.9. The fraction of sp³-hybridized carbons (Fsp3) is 0.278. The first kappa shape index (κ1) is 16.0. The highest BCUT2D eigenvalue weighted by Gasteiger charge is 2.06. The van der Waals surface area contributed by atoms with E-state index >= 15 is 0 Å². The molecule has 116 valence electrons. The molecule has 2 rings (SSSR count). The zero-order valence-electron chi connectivity index (χ0n) is 12.9. The Bertz CT molecular complexity index is 638. The lowest BCUT2D eigenvalue weighted by Gasteiger charge is -2.14. The average molecular weight is 299 g/mol. The second-order valence-electron chi connectivity index (χ2n) is 5.38. The smallest absolute Gasteiger partial charge is 0.335 e. The number of carbonyl (C=O) groups is 1. The molecule has 0 saturated heterocycles. The van der Waals surface area contributed by atoms with Crippen molar-refractivity contribution in [3.63, 3.8) is 0 Å². The normalized spacial score (nSPS) is 10.7. The molecule has 2 aromatic carbocycles. The van der Waals surface area contributed by atoms with E-state index in [2.05, 4.69) is 5.32 Å². The van der Waals surface area contributed by atoms with Crippen LogP contribution in [0.2, 0.25) is 0 Å². The van der Waals surface area contributed by atoms with Crippen LogP contribution < -0.4 is 10.1 Å². The minimum atomic E-state index is -0.905. The van der Waals surface area contributed by atoms with Crippen molar-refractivity contribution >= 4 is 5.97 Å². The summed E-state index contributed by atoms with van der Waals surface area (Å²) >= 11 is 0. The highest BCUT2D eigenvalue weighted by Crippen LogP contribution is 2.19. The summed E-state index contributed by atoms with van der Waals surface area (Å²) < 4.78 is 5.78. The molecule has 0 unspecified atom stereocenters. The third-order valence-corrected chi connectivity index (χ3v) is 3.15. The lowest BCUT2D eigenvalue weighted by atomic mass is 10.1. The summed E-state index contributed by atoms with van der Waals surface area (Å²) in [6.45, 7) is 5.28. The van der Waals surface area contributed by atoms with Gasteiger partial charge in [-0.25, -0.2) is 4.79 Å². The molecule has 0 radical (unpaired) electrons. The number of nitrogens with one attached hydrogen (secondary N) is 1. The maximum atomic E-state index is 11.0. The van der Waals surface area contributed by atoms with E-state index in [0.29, 0.717) is 18.7 Å². The minimum absolute atomic E-state index is 0.133. The van der Waals surface area contributed by atoms with Crippen molar-refractivity contribution in [1.29, 1.82) is 0 Å². The van der Waals surface area contributed by atoms with Crippen LogP contribution in [0.1, 0.15) is 35.3 Å². The predicted octanol–water partition coefficient (Wildman–Crippen LogP) is 3.46. The summed E-state index contributed by atoms with van der Waals surface area (Å²) in [5.41, 5.74) is 2.34. The maximum Gasteiger partial charge on any atom is 0.335 e. The first-order valence-corrected chi connectivity index (χ1v) is 7.34. The molecule has 0 fully saturated rings. The van der Waals surface area contributed by atoms with Gasteiger partial charge in [0.25, 0.3) is 0 Å². The van der Waals surface area contributed by atoms with E-state index in [1.165, 1.54) is 0 Å². The molecule has 0 saturated carbocycles. The van der Waals surface area contributed by atoms with Crippen molar-refractivity contribution in [1.82, 2.24) is 5.32 Å². The first-order valence-electron chi connectivity index (χ1n) is 7.34. The van der Waals surface area contributed by atoms with Crippen LogP contribution in [-0.4, -0.2) is 17.2 Å². The number of carboxylic acid groups (broad SMARTS) is 1. The Hall–Kier alpha value is -2.33. The first-order chi connectivity index (χ1) is 10.6. The maximum absolute atomic E-state index is 11.0. The van der Waals surface area contributed by atoms with Crippen LogP contribution >= 0.6 is 0 Å². The van der Waals surface area contributed by atoms with E-state index in [-0.39, 0.29) is 6.10 Å². The summed E-state index contributed by atoms with van der Waals surface area (Å²) in [6.07, 6.45) is 0.133. The molecule has 0 heterocycles. The topological polar surface area (TPSA) is 58.6 Å². The van der Waals surface area contributed by atoms with Gasteiger partial charge in [0.1, 0.15) is 5.75 Å². The van der Waals surface area contributed by atoms with Gasteiger partial charge in [-0.3, -0.25) is 0 Å². The molecule has 0 spiro atoms. The Balaban J connectivity index is 1.97. The predicted molar refractivity (Wildman–Crippen MR) is 86.2 cm³/mol. The van der Waals surface area contributed by atoms with Crippen molar-refractivity contribution in [2.75, 3.05) is 0 Å². The van der Waals surface area contributed by atoms with E-state index in [9.17, 15) is 4.79 Å². The van der Waals surface area contributed by atoms with Crippen molar-refractivity contribution in [2.45, 2.75) is 33.0 Å². The summed E-state index contributed by atoms with van der Waals surface area (Å²) in [7, 11) is 0. The molecule has 0 aliphatic heterocycles. The molecule has 4 heteroatoms. The Morgan fingerprint density at radius 1 is 1.14 bits per heavy atom. The molecule has 0 aliphatic rings. The van der Waals surface area contributed by atoms with E-state index in [1.807, 2.05) is 44.2 Å². The molecule has 0 atom stereocenters. The van der Waals surface area contributed by atoms with E-state index in [1.54, 1.807) is 18.2 Å². The van der Waals surface area contributed by atoms with Crippen molar-refractivity contribution in [3.8, 4) is 5.75 Å². The third-order valence-electron chi connectivity index (χ3n) is 3.15. The zero-order valence-corrected chi connectivity index (χ0v) is 12.9. The van der Waals surface area contributed by atoms with Crippen molar-refractivity contribution in [3.05, 3.63) is 65.2 Å². The average Bonchev–Trinajstić information content (AvgIpc) is 2.49. The Morgan fingerprint density at radius 3 is 2.64 bits per heavy atom. The number of hydrogen-bond acceptors (Lipinski definition) is 3. The van der Waals surface area contributed by atoms with Gasteiger partial charge in [0, 0.05) is 18.7 Å². The van der Waals surface area contributed by atoms with Crippen LogP contribution in [0, 0.1) is 0 Å². The molecule has 0 aliphatic carbocycles. The van der Waals surface area contributed by atoms with Gasteiger partial charge in [0.15, 0.2) is 0 Å². The number of aromatic carboxylic acids is 1. The number of rotatable bonds is 7. The third kappa shape index (κ3) is 4.60. The van der Waals surface area contributed by atoms with E-state index in [4.69, 9.17) is 9.84 Å². The van der Waals surface area contributed by atoms with Crippen molar-refractivity contribution in [2.24, 2.45) is 0 Å². The molecule has 0 amide bonds. The number of carboxylic acids is 1. The van der Waals surface area contributed by atoms with Gasteiger partial charge in [-0.1, -0.05) is 30.3 Å². The Kier molecular flexibility index (Phi) is 5.55. The summed E-state index contributed by atoms with van der Waals surface area (Å²) in [4.78, 5) is 11.0. The van der Waals surface area contributed by atoms with Gasteiger partial charge in [0.05, 0.1) is 11.7 Å². The van der Waals surface area contributed by atoms with Gasteiger partial charge in [-0.05, 0) is 37.6 Å². The molecule has 2 N–H and O–H groups in total. The summed E-state index contributed by atoms with van der Waals surface area (Å²) in [5.74, 6) is -0.0261. The number of hydrogen-bond donors (Lipinski definition) is 2. The Labute approximate surface area is 130 Å². The van der Waals surface area contributed by atoms with Crippen LogP contribution in [0.15, 0.2) is 48.5 Å². The quantitative estimate of drug-likeness (QED) is 0.822. The molecule has 2 aromatic rings. The second kappa shape index (κ2) is 7.61. The molecule has 22 heavy (non-hydrogen) atoms. The molecule has 0 aromatic heterocycles. The highest BCUT2D eigenvalue weighted by atomic mass is 16.5. The van der Waals surface area contributed by atoms with Crippen LogP contribution in [0.4, 0.5) is 0 Å². The van der Waals surface area contributed by atoms with Gasteiger partial charge < -0.3 is 15.2 Å². The largest absolute Gasteiger partial charge is 0.491 e. The highest BCUT2D eigenvalue weighted by molar-refractivity contribution is 5.87. The molecule has 0 bridgehead atoms. The fourth-order valence-electron chi connectivity index (χ4n) is 2.17. The number of ether oxygens (including phenoxy) is 1. The monoisotopic (exact) mass is 299 g/mol. The molecule has 4 nitrogen and oxygen atoms in total. The minimum Gasteiger partial charge on any atom is -0.491 e. The lowest BCUT2D eigenvalue weighted by Crippen LogP contribution is -2.15. The second-order valence-corrected chi connectivity index (χ2v) is 5.38. The Morgan fingerprint density at radius 2 is 1.91 bits per heavy atom.